The van der Waals surface area contributed by atoms with Gasteiger partial charge in [-0.25, -0.2) is 23.3 Å². The van der Waals surface area contributed by atoms with Crippen molar-refractivity contribution in [1.82, 2.24) is 0 Å². The van der Waals surface area contributed by atoms with Crippen molar-refractivity contribution < 1.29 is 47.8 Å². The third-order valence-corrected chi connectivity index (χ3v) is 3.82. The van der Waals surface area contributed by atoms with Gasteiger partial charge in [0.05, 0.1) is 0 Å². The molecule has 0 aromatic rings. The summed E-state index contributed by atoms with van der Waals surface area (Å²) in [5.41, 5.74) is 6.54. The molecule has 0 atom stereocenters. The van der Waals surface area contributed by atoms with Crippen molar-refractivity contribution in [2.75, 3.05) is 0 Å². The van der Waals surface area contributed by atoms with Crippen LogP contribution in [0, 0.1) is 23.0 Å². The van der Waals surface area contributed by atoms with Crippen LogP contribution in [0.15, 0.2) is 34.4 Å². The van der Waals surface area contributed by atoms with E-state index in [1.807, 2.05) is 0 Å². The molecule has 4 heteroatoms. The molecule has 0 heterocycles. The van der Waals surface area contributed by atoms with Gasteiger partial charge in [0.2, 0.25) is 0 Å². The molecule has 0 N–H and O–H groups in total. The minimum absolute atomic E-state index is 0. The van der Waals surface area contributed by atoms with Gasteiger partial charge in [-0.15, -0.1) is 12.8 Å². The van der Waals surface area contributed by atoms with Crippen LogP contribution in [-0.4, -0.2) is 5.49 Å². The quantitative estimate of drug-likeness (QED) is 0.298. The molecule has 0 aliphatic heterocycles. The first kappa shape index (κ1) is 31.3. The predicted molar refractivity (Wildman–Crippen MR) is 107 cm³/mol. The zero-order valence-electron chi connectivity index (χ0n) is 18.3. The summed E-state index contributed by atoms with van der Waals surface area (Å²) in [7, 11) is 0. The van der Waals surface area contributed by atoms with Crippen molar-refractivity contribution in [2.24, 2.45) is 10.8 Å². The number of hydrogen-bond acceptors (Lipinski definition) is 0. The number of allylic oxidation sites excluding steroid dienone is 8. The zero-order valence-corrected chi connectivity index (χ0v) is 24.4. The molecule has 0 aromatic carbocycles. The Morgan fingerprint density at radius 1 is 0.769 bits per heavy atom. The molecule has 0 unspecified atom stereocenters. The smallest absolute Gasteiger partial charge is 1.00 e. The van der Waals surface area contributed by atoms with E-state index >= 15 is 0 Å². The maximum Gasteiger partial charge on any atom is -1.00 e. The minimum Gasteiger partial charge on any atom is -1.00 e. The summed E-state index contributed by atoms with van der Waals surface area (Å²) in [6.07, 6.45) is 13.2. The van der Waals surface area contributed by atoms with Crippen LogP contribution >= 0.6 is 0 Å². The Labute approximate surface area is 191 Å². The van der Waals surface area contributed by atoms with Gasteiger partial charge in [0.1, 0.15) is 0 Å². The number of halogens is 2. The fourth-order valence-corrected chi connectivity index (χ4v) is 2.16. The van der Waals surface area contributed by atoms with Gasteiger partial charge in [-0.3, -0.25) is 12.2 Å². The van der Waals surface area contributed by atoms with Crippen molar-refractivity contribution in [3.05, 3.63) is 46.6 Å². The first-order valence-corrected chi connectivity index (χ1v) is 16.7. The standard InChI is InChI=1S/2C10H15.C2H6Si.2ClH.Hf/c2*1-8-5-6-9(7-8)10(2,3)4;1-3-2;;;/h2*7H,6H2,1-4H3;1-2H3;2*1H;/q2*-1;;;;+2/p-2. The van der Waals surface area contributed by atoms with E-state index < -0.39 is 0 Å². The fourth-order valence-electron chi connectivity index (χ4n) is 2.16. The second kappa shape index (κ2) is 13.7. The Hall–Kier alpha value is 0.627. The van der Waals surface area contributed by atoms with Crippen LogP contribution in [0.4, 0.5) is 0 Å². The van der Waals surface area contributed by atoms with Crippen LogP contribution in [0.3, 0.4) is 0 Å². The Morgan fingerprint density at radius 2 is 1.00 bits per heavy atom. The van der Waals surface area contributed by atoms with E-state index in [4.69, 9.17) is 0 Å². The molecule has 2 aliphatic rings. The van der Waals surface area contributed by atoms with Crippen molar-refractivity contribution in [2.45, 2.75) is 81.3 Å². The summed E-state index contributed by atoms with van der Waals surface area (Å²) in [5, 5.41) is 0. The monoisotopic (exact) mass is 578 g/mol. The largest absolute Gasteiger partial charge is 1.00 e. The van der Waals surface area contributed by atoms with E-state index in [0.29, 0.717) is 10.8 Å². The Bertz CT molecular complexity index is 518. The Balaban J connectivity index is -0.000000319. The Morgan fingerprint density at radius 3 is 1.08 bits per heavy atom. The summed E-state index contributed by atoms with van der Waals surface area (Å²) in [6.45, 7) is 22.4. The molecule has 0 fully saturated rings. The minimum atomic E-state index is 0. The average Bonchev–Trinajstić information content (AvgIpc) is 2.96. The zero-order chi connectivity index (χ0) is 19.1. The molecule has 0 bridgehead atoms. The van der Waals surface area contributed by atoms with E-state index in [1.54, 1.807) is 0 Å². The molecule has 0 nitrogen and oxygen atoms in total. The summed E-state index contributed by atoms with van der Waals surface area (Å²) in [5.74, 6) is 0. The second-order valence-corrected chi connectivity index (χ2v) is 21.7. The van der Waals surface area contributed by atoms with Gasteiger partial charge >= 0.3 is 41.6 Å². The van der Waals surface area contributed by atoms with Gasteiger partial charge in [-0.2, -0.15) is 11.1 Å². The van der Waals surface area contributed by atoms with E-state index in [1.165, 1.54) is 45.3 Å². The van der Waals surface area contributed by atoms with Crippen molar-refractivity contribution in [3.63, 3.8) is 0 Å². The molecule has 0 spiro atoms. The summed E-state index contributed by atoms with van der Waals surface area (Å²) in [6, 6.07) is 0. The van der Waals surface area contributed by atoms with Crippen LogP contribution in [0.5, 0.6) is 0 Å². The molecule has 0 aromatic heterocycles. The molecule has 0 radical (unpaired) electrons. The molecule has 0 saturated heterocycles. The molecule has 0 amide bonds. The van der Waals surface area contributed by atoms with Gasteiger partial charge in [0, 0.05) is 0 Å². The van der Waals surface area contributed by atoms with Gasteiger partial charge in [-0.05, 0) is 10.8 Å². The summed E-state index contributed by atoms with van der Waals surface area (Å²) >= 11 is 1.45. The van der Waals surface area contributed by atoms with Crippen molar-refractivity contribution >= 4 is 5.49 Å². The van der Waals surface area contributed by atoms with Crippen LogP contribution in [0.25, 0.3) is 0 Å². The second-order valence-electron chi connectivity index (χ2n) is 8.91. The van der Waals surface area contributed by atoms with Gasteiger partial charge in [0.15, 0.2) is 0 Å². The van der Waals surface area contributed by atoms with Crippen LogP contribution < -0.4 is 24.8 Å². The molecular weight excluding hydrogens is 542 g/mol. The molecule has 0 saturated carbocycles. The number of hydrogen-bond donors (Lipinski definition) is 0. The van der Waals surface area contributed by atoms with Crippen molar-refractivity contribution in [1.29, 1.82) is 0 Å². The first-order chi connectivity index (χ1) is 10.7. The molecular formula is C22H36Cl2HfSi-2. The van der Waals surface area contributed by atoms with Crippen LogP contribution in [0.1, 0.15) is 68.2 Å². The summed E-state index contributed by atoms with van der Waals surface area (Å²) < 4.78 is 0. The van der Waals surface area contributed by atoms with Crippen LogP contribution in [0.2, 0.25) is 13.1 Å². The van der Waals surface area contributed by atoms with E-state index in [9.17, 15) is 0 Å². The van der Waals surface area contributed by atoms with Gasteiger partial charge in [-0.1, -0.05) is 55.4 Å². The fraction of sp³-hybridized carbons (Fsp3) is 0.636. The van der Waals surface area contributed by atoms with E-state index in [0.717, 1.165) is 12.8 Å². The van der Waals surface area contributed by atoms with Crippen LogP contribution in [-0.2, 0) is 23.0 Å². The summed E-state index contributed by atoms with van der Waals surface area (Å²) in [4.78, 5) is 0. The number of rotatable bonds is 0. The molecule has 2 rings (SSSR count). The van der Waals surface area contributed by atoms with Crippen molar-refractivity contribution in [3.8, 4) is 0 Å². The van der Waals surface area contributed by atoms with Gasteiger partial charge in [0.25, 0.3) is 0 Å². The molecule has 26 heavy (non-hydrogen) atoms. The van der Waals surface area contributed by atoms with E-state index in [2.05, 4.69) is 92.8 Å². The topological polar surface area (TPSA) is 0 Å². The molecule has 148 valence electrons. The molecule has 2 aliphatic carbocycles. The predicted octanol–water partition coefficient (Wildman–Crippen LogP) is 1.02. The third-order valence-electron chi connectivity index (χ3n) is 3.82. The van der Waals surface area contributed by atoms with Gasteiger partial charge < -0.3 is 24.8 Å². The SMILES string of the molecule is CC1=[C-]CC(C(C)(C)C)=C1.CC1=[C-]CC(C(C)(C)C)=C1.C[Si](C)=[Hf+2].[Cl-].[Cl-]. The average molecular weight is 578 g/mol. The van der Waals surface area contributed by atoms with E-state index in [-0.39, 0.29) is 30.3 Å². The normalized spacial score (nSPS) is 15.5. The maximum atomic E-state index is 3.30. The Kier molecular flexibility index (Phi) is 16.6. The maximum absolute atomic E-state index is 3.30. The third kappa shape index (κ3) is 14.7. The first-order valence-electron chi connectivity index (χ1n) is 8.82.